The number of aryl methyl sites for hydroxylation is 1. The van der Waals surface area contributed by atoms with Crippen LogP contribution in [0.3, 0.4) is 0 Å². The van der Waals surface area contributed by atoms with Crippen molar-refractivity contribution >= 4 is 29.2 Å². The predicted molar refractivity (Wildman–Crippen MR) is 97.5 cm³/mol. The summed E-state index contributed by atoms with van der Waals surface area (Å²) in [4.78, 5) is 12.5. The average molecular weight is 412 g/mol. The van der Waals surface area contributed by atoms with Crippen molar-refractivity contribution in [2.45, 2.75) is 35.6 Å². The molecule has 0 aliphatic carbocycles. The second-order valence-electron chi connectivity index (χ2n) is 5.55. The van der Waals surface area contributed by atoms with Crippen LogP contribution in [0.1, 0.15) is 18.4 Å². The predicted octanol–water partition coefficient (Wildman–Crippen LogP) is 4.60. The largest absolute Gasteiger partial charge is 0.417 e. The highest BCUT2D eigenvalue weighted by molar-refractivity contribution is 7.99. The third kappa shape index (κ3) is 4.28. The van der Waals surface area contributed by atoms with Crippen LogP contribution in [-0.4, -0.2) is 19.5 Å². The number of nitrogens with zero attached hydrogens (tertiary/aromatic N) is 4. The number of hydrogen-bond donors (Lipinski definition) is 1. The van der Waals surface area contributed by atoms with E-state index in [1.165, 1.54) is 18.5 Å². The number of anilines is 1. The summed E-state index contributed by atoms with van der Waals surface area (Å²) in [5, 5.41) is 0.315. The van der Waals surface area contributed by atoms with Crippen LogP contribution >= 0.6 is 23.4 Å². The Morgan fingerprint density at radius 2 is 2.07 bits per heavy atom. The highest BCUT2D eigenvalue weighted by Crippen LogP contribution is 2.41. The monoisotopic (exact) mass is 411 g/mol. The van der Waals surface area contributed by atoms with E-state index in [0.717, 1.165) is 17.8 Å². The number of hydrogen-bond acceptors (Lipinski definition) is 5. The summed E-state index contributed by atoms with van der Waals surface area (Å²) in [5.74, 6) is 3.14. The topological polar surface area (TPSA) is 69.6 Å². The van der Waals surface area contributed by atoms with Crippen LogP contribution in [0.5, 0.6) is 0 Å². The van der Waals surface area contributed by atoms with Gasteiger partial charge in [0, 0.05) is 22.9 Å². The van der Waals surface area contributed by atoms with Gasteiger partial charge >= 0.3 is 6.18 Å². The lowest BCUT2D eigenvalue weighted by molar-refractivity contribution is -0.139. The quantitative estimate of drug-likeness (QED) is 0.491. The molecule has 2 heterocycles. The van der Waals surface area contributed by atoms with Gasteiger partial charge in [0.25, 0.3) is 0 Å². The van der Waals surface area contributed by atoms with Gasteiger partial charge in [-0.25, -0.2) is 15.0 Å². The van der Waals surface area contributed by atoms with Gasteiger partial charge in [-0.15, -0.1) is 12.3 Å². The molecule has 0 radical (unpaired) electrons. The van der Waals surface area contributed by atoms with Crippen LogP contribution in [-0.2, 0) is 12.7 Å². The van der Waals surface area contributed by atoms with Crippen molar-refractivity contribution < 1.29 is 13.2 Å². The van der Waals surface area contributed by atoms with Crippen molar-refractivity contribution in [1.29, 1.82) is 0 Å². The number of halogens is 4. The molecule has 0 bridgehead atoms. The van der Waals surface area contributed by atoms with Gasteiger partial charge in [-0.3, -0.25) is 0 Å². The molecule has 1 aromatic rings. The highest BCUT2D eigenvalue weighted by Gasteiger charge is 2.34. The lowest BCUT2D eigenvalue weighted by Gasteiger charge is -2.11. The summed E-state index contributed by atoms with van der Waals surface area (Å²) in [6, 6.07) is 3.36. The van der Waals surface area contributed by atoms with Gasteiger partial charge in [-0.05, 0) is 36.4 Å². The normalized spacial score (nSPS) is 11.7. The Labute approximate surface area is 162 Å². The van der Waals surface area contributed by atoms with Crippen LogP contribution in [0, 0.1) is 12.3 Å². The zero-order valence-electron chi connectivity index (χ0n) is 13.8. The third-order valence-corrected chi connectivity index (χ3v) is 4.80. The molecule has 27 heavy (non-hydrogen) atoms. The van der Waals surface area contributed by atoms with Gasteiger partial charge in [0.05, 0.1) is 11.9 Å². The van der Waals surface area contributed by atoms with Crippen molar-refractivity contribution in [1.82, 2.24) is 19.5 Å². The van der Waals surface area contributed by atoms with E-state index in [2.05, 4.69) is 20.9 Å². The lowest BCUT2D eigenvalue weighted by atomic mass is 10.2. The van der Waals surface area contributed by atoms with E-state index < -0.39 is 11.7 Å². The van der Waals surface area contributed by atoms with E-state index in [4.69, 9.17) is 23.8 Å². The fraction of sp³-hybridized carbons (Fsp3) is 0.235. The molecule has 0 spiro atoms. The van der Waals surface area contributed by atoms with E-state index in [9.17, 15) is 13.2 Å². The van der Waals surface area contributed by atoms with Crippen molar-refractivity contribution in [2.24, 2.45) is 0 Å². The van der Waals surface area contributed by atoms with Crippen LogP contribution < -0.4 is 5.73 Å². The number of terminal acetylenes is 1. The minimum Gasteiger partial charge on any atom is -0.382 e. The Hall–Kier alpha value is -2.44. The van der Waals surface area contributed by atoms with Gasteiger partial charge < -0.3 is 10.3 Å². The number of unbranched alkanes of at least 4 members (excludes halogenated alkanes) is 1. The molecule has 0 amide bonds. The summed E-state index contributed by atoms with van der Waals surface area (Å²) in [6.45, 7) is 0.543. The molecule has 2 aliphatic rings. The minimum atomic E-state index is -4.52. The first kappa shape index (κ1) is 19.3. The van der Waals surface area contributed by atoms with E-state index in [1.807, 2.05) is 0 Å². The van der Waals surface area contributed by atoms with Crippen LogP contribution in [0.2, 0.25) is 5.02 Å². The average Bonchev–Trinajstić information content (AvgIpc) is 3.01. The molecule has 0 unspecified atom stereocenters. The van der Waals surface area contributed by atoms with Crippen molar-refractivity contribution in [2.75, 3.05) is 5.73 Å². The molecule has 0 fully saturated rings. The Kier molecular flexibility index (Phi) is 5.48. The maximum atomic E-state index is 13.2. The number of aromatic nitrogens is 4. The van der Waals surface area contributed by atoms with Crippen molar-refractivity contribution in [3.05, 3.63) is 35.1 Å². The Bertz CT molecular complexity index is 980. The molecule has 2 aliphatic heterocycles. The van der Waals surface area contributed by atoms with E-state index >= 15 is 0 Å². The van der Waals surface area contributed by atoms with Crippen molar-refractivity contribution in [3.8, 4) is 23.9 Å². The number of nitrogen functional groups attached to an aromatic ring is 1. The van der Waals surface area contributed by atoms with Crippen molar-refractivity contribution in [3.63, 3.8) is 0 Å². The van der Waals surface area contributed by atoms with Gasteiger partial charge in [0.2, 0.25) is 0 Å². The number of rotatable bonds is 5. The summed E-state index contributed by atoms with van der Waals surface area (Å²) in [7, 11) is 0. The van der Waals surface area contributed by atoms with Gasteiger partial charge in [-0.2, -0.15) is 13.2 Å². The molecule has 1 aromatic carbocycles. The second-order valence-corrected chi connectivity index (χ2v) is 7.00. The standard InChI is InChI=1S/C17H13ClF3N5S/c1-2-3-4-7-26-9-23-14(22)13-15(26)25-16(24-13)27-12-8-10(18)5-6-11(12)17(19,20)21/h1,5-6,8-9H,3-4,7,22H2. The van der Waals surface area contributed by atoms with Crippen LogP contribution in [0.25, 0.3) is 11.5 Å². The Balaban J connectivity index is 1.98. The molecule has 140 valence electrons. The molecular weight excluding hydrogens is 399 g/mol. The summed E-state index contributed by atoms with van der Waals surface area (Å²) in [5.41, 5.74) is 5.36. The third-order valence-electron chi connectivity index (χ3n) is 3.64. The molecule has 0 saturated heterocycles. The molecule has 5 nitrogen and oxygen atoms in total. The fourth-order valence-corrected chi connectivity index (χ4v) is 3.59. The smallest absolute Gasteiger partial charge is 0.382 e. The van der Waals surface area contributed by atoms with Crippen LogP contribution in [0.15, 0.2) is 34.6 Å². The molecule has 0 atom stereocenters. The zero-order valence-corrected chi connectivity index (χ0v) is 15.4. The molecule has 2 N–H and O–H groups in total. The SMILES string of the molecule is C#CCCCn1cnc(N)c2nc(Sc3cc(Cl)ccc3C(F)(F)F)nc1-2. The first-order chi connectivity index (χ1) is 12.8. The van der Waals surface area contributed by atoms with Crippen LogP contribution in [0.4, 0.5) is 19.0 Å². The Morgan fingerprint density at radius 3 is 2.78 bits per heavy atom. The summed E-state index contributed by atoms with van der Waals surface area (Å²) < 4.78 is 41.4. The number of fused-ring (bicyclic) bond motifs is 1. The molecule has 3 rings (SSSR count). The lowest BCUT2D eigenvalue weighted by Crippen LogP contribution is -2.08. The molecule has 10 heteroatoms. The minimum absolute atomic E-state index is 0.0873. The number of imidazole rings is 1. The Morgan fingerprint density at radius 1 is 1.30 bits per heavy atom. The second kappa shape index (κ2) is 7.66. The fourth-order valence-electron chi connectivity index (χ4n) is 2.41. The van der Waals surface area contributed by atoms with E-state index in [-0.39, 0.29) is 20.9 Å². The van der Waals surface area contributed by atoms with Gasteiger partial charge in [0.1, 0.15) is 0 Å². The number of nitrogens with two attached hydrogens (primary N) is 1. The molecule has 0 aromatic heterocycles. The number of benzene rings is 1. The first-order valence-electron chi connectivity index (χ1n) is 7.76. The maximum absolute atomic E-state index is 13.2. The summed E-state index contributed by atoms with van der Waals surface area (Å²) in [6.07, 6.45) is 3.52. The summed E-state index contributed by atoms with van der Waals surface area (Å²) >= 11 is 6.63. The zero-order chi connectivity index (χ0) is 19.6. The van der Waals surface area contributed by atoms with E-state index in [1.54, 1.807) is 4.57 Å². The van der Waals surface area contributed by atoms with E-state index in [0.29, 0.717) is 30.9 Å². The molecular formula is C17H13ClF3N5S. The highest BCUT2D eigenvalue weighted by atomic mass is 35.5. The maximum Gasteiger partial charge on any atom is 0.417 e. The first-order valence-corrected chi connectivity index (χ1v) is 8.95. The van der Waals surface area contributed by atoms with Gasteiger partial charge in [0.15, 0.2) is 22.5 Å². The van der Waals surface area contributed by atoms with Gasteiger partial charge in [-0.1, -0.05) is 11.6 Å². The number of alkyl halides is 3. The molecule has 0 saturated carbocycles.